The number of hydrogen-bond acceptors (Lipinski definition) is 3. The summed E-state index contributed by atoms with van der Waals surface area (Å²) in [4.78, 5) is 4.39. The molecule has 106 valence electrons. The van der Waals surface area contributed by atoms with Crippen molar-refractivity contribution in [2.75, 3.05) is 38.2 Å². The summed E-state index contributed by atoms with van der Waals surface area (Å²) >= 11 is 0. The molecule has 19 heavy (non-hydrogen) atoms. The molecule has 2 rings (SSSR count). The second kappa shape index (κ2) is 6.35. The molecule has 0 amide bonds. The van der Waals surface area contributed by atoms with Gasteiger partial charge < -0.3 is 14.9 Å². The largest absolute Gasteiger partial charge is 0.396 e. The fourth-order valence-electron chi connectivity index (χ4n) is 2.91. The first-order valence-corrected chi connectivity index (χ1v) is 6.92. The third kappa shape index (κ3) is 3.45. The molecule has 1 heterocycles. The number of likely N-dealkylation sites (N-methyl/N-ethyl adjacent to an activating group) is 1. The average Bonchev–Trinajstić information content (AvgIpc) is 2.50. The highest BCUT2D eigenvalue weighted by Gasteiger charge is 2.26. The Morgan fingerprint density at radius 2 is 2.00 bits per heavy atom. The first kappa shape index (κ1) is 14.3. The number of halogens is 1. The third-order valence-electron chi connectivity index (χ3n) is 3.84. The Balaban J connectivity index is 2.21. The predicted molar refractivity (Wildman–Crippen MR) is 75.9 cm³/mol. The Morgan fingerprint density at radius 1 is 1.26 bits per heavy atom. The van der Waals surface area contributed by atoms with Crippen LogP contribution in [0.3, 0.4) is 0 Å². The predicted octanol–water partition coefficient (Wildman–Crippen LogP) is 1.96. The lowest BCUT2D eigenvalue weighted by atomic mass is 10.1. The van der Waals surface area contributed by atoms with Gasteiger partial charge in [0.2, 0.25) is 0 Å². The molecule has 2 atom stereocenters. The van der Waals surface area contributed by atoms with Crippen LogP contribution in [0.5, 0.6) is 0 Å². The van der Waals surface area contributed by atoms with Gasteiger partial charge in [0.05, 0.1) is 5.69 Å². The van der Waals surface area contributed by atoms with Gasteiger partial charge in [-0.15, -0.1) is 0 Å². The first-order chi connectivity index (χ1) is 9.11. The van der Waals surface area contributed by atoms with Gasteiger partial charge in [-0.3, -0.25) is 0 Å². The maximum absolute atomic E-state index is 13.9. The molecule has 0 saturated carbocycles. The molecule has 3 nitrogen and oxygen atoms in total. The Morgan fingerprint density at radius 3 is 2.68 bits per heavy atom. The number of para-hydroxylation sites is 1. The monoisotopic (exact) mass is 266 g/mol. The number of anilines is 1. The maximum Gasteiger partial charge on any atom is 0.146 e. The quantitative estimate of drug-likeness (QED) is 0.906. The van der Waals surface area contributed by atoms with Crippen molar-refractivity contribution in [2.45, 2.75) is 19.4 Å². The molecule has 1 fully saturated rings. The minimum Gasteiger partial charge on any atom is -0.396 e. The lowest BCUT2D eigenvalue weighted by Crippen LogP contribution is -2.39. The molecule has 2 unspecified atom stereocenters. The van der Waals surface area contributed by atoms with E-state index in [4.69, 9.17) is 0 Å². The summed E-state index contributed by atoms with van der Waals surface area (Å²) < 4.78 is 13.9. The van der Waals surface area contributed by atoms with Crippen molar-refractivity contribution in [1.29, 1.82) is 0 Å². The summed E-state index contributed by atoms with van der Waals surface area (Å²) in [6.45, 7) is 4.96. The second-order valence-corrected chi connectivity index (χ2v) is 5.57. The van der Waals surface area contributed by atoms with Crippen LogP contribution in [-0.2, 0) is 0 Å². The van der Waals surface area contributed by atoms with Gasteiger partial charge in [-0.2, -0.15) is 0 Å². The minimum absolute atomic E-state index is 0.165. The molecule has 0 aliphatic carbocycles. The Labute approximate surface area is 114 Å². The summed E-state index contributed by atoms with van der Waals surface area (Å²) in [5, 5.41) is 9.19. The van der Waals surface area contributed by atoms with E-state index < -0.39 is 0 Å². The average molecular weight is 266 g/mol. The molecule has 1 aliphatic heterocycles. The van der Waals surface area contributed by atoms with Crippen molar-refractivity contribution in [3.05, 3.63) is 30.1 Å². The van der Waals surface area contributed by atoms with Gasteiger partial charge in [0, 0.05) is 32.3 Å². The molecule has 1 aromatic rings. The van der Waals surface area contributed by atoms with Crippen molar-refractivity contribution in [1.82, 2.24) is 4.90 Å². The van der Waals surface area contributed by atoms with Gasteiger partial charge in [-0.05, 0) is 31.5 Å². The number of aliphatic hydroxyl groups excluding tert-OH is 1. The third-order valence-corrected chi connectivity index (χ3v) is 3.84. The summed E-state index contributed by atoms with van der Waals surface area (Å²) in [6.07, 6.45) is 0.730. The smallest absolute Gasteiger partial charge is 0.146 e. The van der Waals surface area contributed by atoms with Crippen molar-refractivity contribution in [3.63, 3.8) is 0 Å². The van der Waals surface area contributed by atoms with E-state index in [1.54, 1.807) is 6.07 Å². The Bertz CT molecular complexity index is 413. The van der Waals surface area contributed by atoms with Crippen LogP contribution in [0, 0.1) is 11.7 Å². The van der Waals surface area contributed by atoms with Crippen molar-refractivity contribution in [2.24, 2.45) is 5.92 Å². The van der Waals surface area contributed by atoms with Crippen molar-refractivity contribution in [3.8, 4) is 0 Å². The molecule has 0 bridgehead atoms. The fraction of sp³-hybridized carbons (Fsp3) is 0.600. The van der Waals surface area contributed by atoms with E-state index in [0.717, 1.165) is 26.1 Å². The molecule has 1 N–H and O–H groups in total. The van der Waals surface area contributed by atoms with Crippen LogP contribution in [0.25, 0.3) is 0 Å². The highest BCUT2D eigenvalue weighted by atomic mass is 19.1. The molecule has 0 spiro atoms. The summed E-state index contributed by atoms with van der Waals surface area (Å²) in [5.41, 5.74) is 0.674. The zero-order valence-corrected chi connectivity index (χ0v) is 11.7. The topological polar surface area (TPSA) is 26.7 Å². The first-order valence-electron chi connectivity index (χ1n) is 6.92. The zero-order valence-electron chi connectivity index (χ0n) is 11.7. The second-order valence-electron chi connectivity index (χ2n) is 5.57. The van der Waals surface area contributed by atoms with E-state index in [0.29, 0.717) is 11.6 Å². The van der Waals surface area contributed by atoms with Crippen LogP contribution < -0.4 is 4.90 Å². The number of benzene rings is 1. The number of hydrogen-bond donors (Lipinski definition) is 1. The standard InChI is InChI=1S/C15H23FN2O/c1-12-9-17(2)13(7-8-19)11-18(10-12)15-6-4-3-5-14(15)16/h3-6,12-13,19H,7-11H2,1-2H3. The molecule has 1 aromatic carbocycles. The van der Waals surface area contributed by atoms with Crippen molar-refractivity contribution < 1.29 is 9.50 Å². The molecule has 1 aliphatic rings. The summed E-state index contributed by atoms with van der Waals surface area (Å²) in [6, 6.07) is 7.21. The molecular weight excluding hydrogens is 243 g/mol. The van der Waals surface area contributed by atoms with Crippen LogP contribution in [0.4, 0.5) is 10.1 Å². The van der Waals surface area contributed by atoms with E-state index in [2.05, 4.69) is 23.8 Å². The van der Waals surface area contributed by atoms with Gasteiger partial charge in [0.25, 0.3) is 0 Å². The van der Waals surface area contributed by atoms with Gasteiger partial charge in [0.15, 0.2) is 0 Å². The van der Waals surface area contributed by atoms with E-state index in [-0.39, 0.29) is 18.5 Å². The SMILES string of the molecule is CC1CN(c2ccccc2F)CC(CCO)N(C)C1. The fourth-order valence-corrected chi connectivity index (χ4v) is 2.91. The van der Waals surface area contributed by atoms with Gasteiger partial charge in [0.1, 0.15) is 5.82 Å². The Hall–Kier alpha value is -1.13. The van der Waals surface area contributed by atoms with Crippen molar-refractivity contribution >= 4 is 5.69 Å². The van der Waals surface area contributed by atoms with E-state index in [9.17, 15) is 9.50 Å². The lowest BCUT2D eigenvalue weighted by molar-refractivity contribution is 0.186. The van der Waals surface area contributed by atoms with Crippen LogP contribution in [0.15, 0.2) is 24.3 Å². The van der Waals surface area contributed by atoms with E-state index in [1.165, 1.54) is 6.07 Å². The maximum atomic E-state index is 13.9. The Kier molecular flexibility index (Phi) is 4.77. The number of aliphatic hydroxyl groups is 1. The van der Waals surface area contributed by atoms with Gasteiger partial charge >= 0.3 is 0 Å². The lowest BCUT2D eigenvalue weighted by Gasteiger charge is -2.29. The van der Waals surface area contributed by atoms with Gasteiger partial charge in [-0.1, -0.05) is 19.1 Å². The molecule has 0 radical (unpaired) electrons. The van der Waals surface area contributed by atoms with Crippen LogP contribution in [0.1, 0.15) is 13.3 Å². The van der Waals surface area contributed by atoms with Gasteiger partial charge in [-0.25, -0.2) is 4.39 Å². The van der Waals surface area contributed by atoms with E-state index >= 15 is 0 Å². The molecule has 1 saturated heterocycles. The normalized spacial score (nSPS) is 25.4. The molecular formula is C15H23FN2O. The highest BCUT2D eigenvalue weighted by Crippen LogP contribution is 2.24. The molecule has 0 aromatic heterocycles. The zero-order chi connectivity index (χ0) is 13.8. The highest BCUT2D eigenvalue weighted by molar-refractivity contribution is 5.48. The number of rotatable bonds is 3. The van der Waals surface area contributed by atoms with Crippen LogP contribution >= 0.6 is 0 Å². The van der Waals surface area contributed by atoms with E-state index in [1.807, 2.05) is 12.1 Å². The molecule has 4 heteroatoms. The minimum atomic E-state index is -0.165. The summed E-state index contributed by atoms with van der Waals surface area (Å²) in [5.74, 6) is 0.315. The summed E-state index contributed by atoms with van der Waals surface area (Å²) in [7, 11) is 2.08. The van der Waals surface area contributed by atoms with Crippen LogP contribution in [-0.4, -0.2) is 49.3 Å². The van der Waals surface area contributed by atoms with Crippen LogP contribution in [0.2, 0.25) is 0 Å². The number of nitrogens with zero attached hydrogens (tertiary/aromatic N) is 2.